The summed E-state index contributed by atoms with van der Waals surface area (Å²) in [5.74, 6) is 0. The van der Waals surface area contributed by atoms with E-state index in [2.05, 4.69) is 18.7 Å². The van der Waals surface area contributed by atoms with Crippen molar-refractivity contribution in [1.82, 2.24) is 9.80 Å². The summed E-state index contributed by atoms with van der Waals surface area (Å²) in [6, 6.07) is 0. The molecule has 0 saturated heterocycles. The van der Waals surface area contributed by atoms with Crippen LogP contribution < -0.4 is 0 Å². The Labute approximate surface area is 69.0 Å². The molecular formula is C8H18N2O. The van der Waals surface area contributed by atoms with Crippen LogP contribution in [0.2, 0.25) is 0 Å². The lowest BCUT2D eigenvalue weighted by molar-refractivity contribution is -0.119. The highest BCUT2D eigenvalue weighted by molar-refractivity contribution is 5.46. The minimum atomic E-state index is 0.757. The first kappa shape index (κ1) is 10.4. The fourth-order valence-corrected chi connectivity index (χ4v) is 0.888. The van der Waals surface area contributed by atoms with Crippen LogP contribution in [0.1, 0.15) is 20.8 Å². The Balaban J connectivity index is 3.67. The van der Waals surface area contributed by atoms with Gasteiger partial charge < -0.3 is 4.90 Å². The summed E-state index contributed by atoms with van der Waals surface area (Å²) in [5.41, 5.74) is 0. The molecular weight excluding hydrogens is 140 g/mol. The van der Waals surface area contributed by atoms with Crippen molar-refractivity contribution < 1.29 is 4.79 Å². The van der Waals surface area contributed by atoms with Crippen molar-refractivity contribution in [3.8, 4) is 0 Å². The van der Waals surface area contributed by atoms with Crippen LogP contribution in [0.15, 0.2) is 0 Å². The Kier molecular flexibility index (Phi) is 5.84. The second kappa shape index (κ2) is 6.16. The van der Waals surface area contributed by atoms with Crippen molar-refractivity contribution in [1.29, 1.82) is 0 Å². The molecule has 0 aliphatic heterocycles. The first-order valence-electron chi connectivity index (χ1n) is 4.20. The van der Waals surface area contributed by atoms with Crippen molar-refractivity contribution >= 4 is 6.41 Å². The van der Waals surface area contributed by atoms with E-state index in [1.165, 1.54) is 0 Å². The summed E-state index contributed by atoms with van der Waals surface area (Å²) in [7, 11) is 0. The van der Waals surface area contributed by atoms with Crippen LogP contribution in [0, 0.1) is 0 Å². The van der Waals surface area contributed by atoms with Crippen LogP contribution in [0.3, 0.4) is 0 Å². The molecule has 0 aromatic rings. The predicted octanol–water partition coefficient (Wildman–Crippen LogP) is 0.764. The second-order valence-electron chi connectivity index (χ2n) is 2.46. The van der Waals surface area contributed by atoms with Gasteiger partial charge in [-0.3, -0.25) is 9.69 Å². The average molecular weight is 158 g/mol. The van der Waals surface area contributed by atoms with E-state index >= 15 is 0 Å². The average Bonchev–Trinajstić information content (AvgIpc) is 2.07. The molecule has 0 fully saturated rings. The van der Waals surface area contributed by atoms with Crippen LogP contribution >= 0.6 is 0 Å². The highest BCUT2D eigenvalue weighted by atomic mass is 16.1. The maximum absolute atomic E-state index is 10.4. The van der Waals surface area contributed by atoms with Crippen molar-refractivity contribution in [2.45, 2.75) is 20.8 Å². The summed E-state index contributed by atoms with van der Waals surface area (Å²) in [6.45, 7) is 9.73. The molecule has 1 amide bonds. The van der Waals surface area contributed by atoms with Gasteiger partial charge in [0.25, 0.3) is 0 Å². The molecule has 0 aliphatic carbocycles. The van der Waals surface area contributed by atoms with E-state index in [0.717, 1.165) is 32.7 Å². The molecule has 3 nitrogen and oxygen atoms in total. The first-order chi connectivity index (χ1) is 5.28. The fourth-order valence-electron chi connectivity index (χ4n) is 0.888. The number of rotatable bonds is 6. The summed E-state index contributed by atoms with van der Waals surface area (Å²) < 4.78 is 0. The maximum atomic E-state index is 10.4. The molecule has 0 radical (unpaired) electrons. The quantitative estimate of drug-likeness (QED) is 0.421. The van der Waals surface area contributed by atoms with Crippen LogP contribution in [-0.2, 0) is 4.79 Å². The molecule has 0 atom stereocenters. The van der Waals surface area contributed by atoms with Crippen LogP contribution in [0.4, 0.5) is 0 Å². The topological polar surface area (TPSA) is 23.6 Å². The molecule has 3 heteroatoms. The van der Waals surface area contributed by atoms with Crippen molar-refractivity contribution in [2.75, 3.05) is 26.3 Å². The molecule has 0 heterocycles. The second-order valence-corrected chi connectivity index (χ2v) is 2.46. The lowest BCUT2D eigenvalue weighted by atomic mass is 10.5. The number of hydrogen-bond acceptors (Lipinski definition) is 2. The molecule has 0 unspecified atom stereocenters. The third-order valence-electron chi connectivity index (χ3n) is 1.83. The minimum Gasteiger partial charge on any atom is -0.333 e. The summed E-state index contributed by atoms with van der Waals surface area (Å²) in [4.78, 5) is 14.4. The third kappa shape index (κ3) is 3.98. The monoisotopic (exact) mass is 158 g/mol. The van der Waals surface area contributed by atoms with E-state index in [9.17, 15) is 4.79 Å². The van der Waals surface area contributed by atoms with Gasteiger partial charge in [-0.15, -0.1) is 0 Å². The normalized spacial score (nSPS) is 10.2. The highest BCUT2D eigenvalue weighted by Gasteiger charge is 2.02. The predicted molar refractivity (Wildman–Crippen MR) is 46.2 cm³/mol. The van der Waals surface area contributed by atoms with Gasteiger partial charge in [-0.05, 0) is 20.0 Å². The Hall–Kier alpha value is -0.570. The molecule has 0 bridgehead atoms. The van der Waals surface area contributed by atoms with E-state index < -0.39 is 0 Å². The zero-order chi connectivity index (χ0) is 8.69. The number of hydrogen-bond donors (Lipinski definition) is 0. The standard InChI is InChI=1S/C8H18N2O/c1-4-9(5-2)7-10(6-3)8-11/h8H,4-7H2,1-3H3. The Bertz CT molecular complexity index is 102. The lowest BCUT2D eigenvalue weighted by Gasteiger charge is -2.24. The van der Waals surface area contributed by atoms with E-state index in [0.29, 0.717) is 0 Å². The number of nitrogens with zero attached hydrogens (tertiary/aromatic N) is 2. The molecule has 66 valence electrons. The van der Waals surface area contributed by atoms with Gasteiger partial charge in [0.05, 0.1) is 6.67 Å². The zero-order valence-corrected chi connectivity index (χ0v) is 7.71. The molecule has 0 aliphatic rings. The number of carbonyl (C=O) groups excluding carboxylic acids is 1. The van der Waals surface area contributed by atoms with Gasteiger partial charge in [-0.1, -0.05) is 13.8 Å². The van der Waals surface area contributed by atoms with Crippen LogP contribution in [0.5, 0.6) is 0 Å². The minimum absolute atomic E-state index is 0.757. The molecule has 0 spiro atoms. The molecule has 0 saturated carbocycles. The van der Waals surface area contributed by atoms with E-state index in [4.69, 9.17) is 0 Å². The third-order valence-corrected chi connectivity index (χ3v) is 1.83. The van der Waals surface area contributed by atoms with Crippen molar-refractivity contribution in [2.24, 2.45) is 0 Å². The summed E-state index contributed by atoms with van der Waals surface area (Å²) in [6.07, 6.45) is 0.901. The maximum Gasteiger partial charge on any atom is 0.210 e. The van der Waals surface area contributed by atoms with Gasteiger partial charge in [-0.2, -0.15) is 0 Å². The summed E-state index contributed by atoms with van der Waals surface area (Å²) >= 11 is 0. The molecule has 0 aromatic heterocycles. The zero-order valence-electron chi connectivity index (χ0n) is 7.71. The molecule has 0 rings (SSSR count). The van der Waals surface area contributed by atoms with Crippen molar-refractivity contribution in [3.63, 3.8) is 0 Å². The first-order valence-corrected chi connectivity index (χ1v) is 4.20. The van der Waals surface area contributed by atoms with E-state index in [-0.39, 0.29) is 0 Å². The van der Waals surface area contributed by atoms with Gasteiger partial charge in [0.15, 0.2) is 0 Å². The lowest BCUT2D eigenvalue weighted by Crippen LogP contribution is -2.36. The molecule has 0 aromatic carbocycles. The smallest absolute Gasteiger partial charge is 0.210 e. The van der Waals surface area contributed by atoms with Gasteiger partial charge in [0, 0.05) is 6.54 Å². The highest BCUT2D eigenvalue weighted by Crippen LogP contribution is 1.90. The van der Waals surface area contributed by atoms with Crippen LogP contribution in [-0.4, -0.2) is 42.5 Å². The number of amides is 1. The molecule has 0 N–H and O–H groups in total. The van der Waals surface area contributed by atoms with Gasteiger partial charge >= 0.3 is 0 Å². The summed E-state index contributed by atoms with van der Waals surface area (Å²) in [5, 5.41) is 0. The Morgan fingerprint density at radius 2 is 1.64 bits per heavy atom. The van der Waals surface area contributed by atoms with Gasteiger partial charge in [0.1, 0.15) is 0 Å². The van der Waals surface area contributed by atoms with E-state index in [1.54, 1.807) is 4.90 Å². The fraction of sp³-hybridized carbons (Fsp3) is 0.875. The van der Waals surface area contributed by atoms with E-state index in [1.807, 2.05) is 6.92 Å². The van der Waals surface area contributed by atoms with Crippen molar-refractivity contribution in [3.05, 3.63) is 0 Å². The Morgan fingerprint density at radius 3 is 1.91 bits per heavy atom. The Morgan fingerprint density at radius 1 is 1.09 bits per heavy atom. The van der Waals surface area contributed by atoms with Gasteiger partial charge in [0.2, 0.25) is 6.41 Å². The molecule has 11 heavy (non-hydrogen) atoms. The SMILES string of the molecule is CCN(C=O)CN(CC)CC. The number of carbonyl (C=O) groups is 1. The largest absolute Gasteiger partial charge is 0.333 e. The van der Waals surface area contributed by atoms with Gasteiger partial charge in [-0.25, -0.2) is 0 Å². The van der Waals surface area contributed by atoms with Crippen LogP contribution in [0.25, 0.3) is 0 Å².